The summed E-state index contributed by atoms with van der Waals surface area (Å²) in [5.74, 6) is 1.78. The molecule has 0 spiro atoms. The largest absolute Gasteiger partial charge is 0.383 e. The van der Waals surface area contributed by atoms with Gasteiger partial charge in [0.25, 0.3) is 0 Å². The second-order valence-electron chi connectivity index (χ2n) is 5.30. The average Bonchev–Trinajstić information content (AvgIpc) is 3.29. The van der Waals surface area contributed by atoms with E-state index in [4.69, 9.17) is 15.5 Å². The van der Waals surface area contributed by atoms with Crippen LogP contribution in [-0.2, 0) is 4.74 Å². The molecule has 0 bridgehead atoms. The molecule has 104 valence electrons. The van der Waals surface area contributed by atoms with Gasteiger partial charge in [-0.2, -0.15) is 0 Å². The molecule has 20 heavy (non-hydrogen) atoms. The van der Waals surface area contributed by atoms with Crippen LogP contribution >= 0.6 is 0 Å². The van der Waals surface area contributed by atoms with Gasteiger partial charge in [-0.1, -0.05) is 30.3 Å². The van der Waals surface area contributed by atoms with Crippen molar-refractivity contribution in [3.05, 3.63) is 41.7 Å². The molecule has 0 saturated heterocycles. The van der Waals surface area contributed by atoms with Gasteiger partial charge in [-0.25, -0.2) is 9.97 Å². The first kappa shape index (κ1) is 13.1. The van der Waals surface area contributed by atoms with Crippen LogP contribution in [0.3, 0.4) is 0 Å². The smallest absolute Gasteiger partial charge is 0.160 e. The number of nitrogen functional groups attached to an aromatic ring is 1. The summed E-state index contributed by atoms with van der Waals surface area (Å²) in [6.07, 6.45) is 2.31. The molecule has 0 amide bonds. The number of aromatic nitrogens is 2. The third-order valence-electron chi connectivity index (χ3n) is 3.81. The van der Waals surface area contributed by atoms with Crippen molar-refractivity contribution in [2.75, 3.05) is 12.8 Å². The summed E-state index contributed by atoms with van der Waals surface area (Å²) in [6, 6.07) is 10.1. The van der Waals surface area contributed by atoms with Crippen LogP contribution in [-0.4, -0.2) is 17.1 Å². The Kier molecular flexibility index (Phi) is 3.40. The summed E-state index contributed by atoms with van der Waals surface area (Å²) in [5, 5.41) is 0. The van der Waals surface area contributed by atoms with Gasteiger partial charge in [0.2, 0.25) is 0 Å². The summed E-state index contributed by atoms with van der Waals surface area (Å²) >= 11 is 0. The molecule has 1 atom stereocenters. The van der Waals surface area contributed by atoms with Gasteiger partial charge in [-0.3, -0.25) is 0 Å². The number of nitrogens with zero attached hydrogens (tertiary/aromatic N) is 2. The highest BCUT2D eigenvalue weighted by molar-refractivity contribution is 5.67. The Morgan fingerprint density at radius 1 is 1.20 bits per heavy atom. The van der Waals surface area contributed by atoms with Crippen LogP contribution in [0.5, 0.6) is 0 Å². The van der Waals surface area contributed by atoms with E-state index in [-0.39, 0.29) is 6.10 Å². The van der Waals surface area contributed by atoms with E-state index in [2.05, 4.69) is 4.98 Å². The zero-order valence-electron chi connectivity index (χ0n) is 11.8. The van der Waals surface area contributed by atoms with Crippen LogP contribution in [0.25, 0.3) is 11.3 Å². The normalized spacial score (nSPS) is 16.1. The predicted molar refractivity (Wildman–Crippen MR) is 79.1 cm³/mol. The van der Waals surface area contributed by atoms with E-state index in [1.165, 1.54) is 12.8 Å². The van der Waals surface area contributed by atoms with Crippen LogP contribution in [0.15, 0.2) is 30.3 Å². The minimum atomic E-state index is -0.0413. The van der Waals surface area contributed by atoms with Crippen LogP contribution < -0.4 is 5.73 Å². The maximum Gasteiger partial charge on any atom is 0.160 e. The lowest BCUT2D eigenvalue weighted by molar-refractivity contribution is 0.0774. The van der Waals surface area contributed by atoms with Crippen LogP contribution in [0.4, 0.5) is 5.82 Å². The molecule has 4 heteroatoms. The highest BCUT2D eigenvalue weighted by Crippen LogP contribution is 2.42. The maximum atomic E-state index is 6.07. The predicted octanol–water partition coefficient (Wildman–Crippen LogP) is 3.13. The molecule has 1 aliphatic carbocycles. The molecule has 1 fully saturated rings. The molecular formula is C16H19N3O. The van der Waals surface area contributed by atoms with Crippen molar-refractivity contribution < 1.29 is 4.74 Å². The quantitative estimate of drug-likeness (QED) is 0.926. The van der Waals surface area contributed by atoms with Crippen molar-refractivity contribution in [2.24, 2.45) is 5.92 Å². The summed E-state index contributed by atoms with van der Waals surface area (Å²) in [4.78, 5) is 9.15. The molecule has 1 aromatic carbocycles. The minimum absolute atomic E-state index is 0.0413. The number of ether oxygens (including phenoxy) is 1. The molecule has 2 N–H and O–H groups in total. The molecule has 1 aliphatic rings. The van der Waals surface area contributed by atoms with Crippen molar-refractivity contribution >= 4 is 5.82 Å². The van der Waals surface area contributed by atoms with Crippen molar-refractivity contribution in [1.29, 1.82) is 0 Å². The zero-order chi connectivity index (χ0) is 14.1. The molecule has 0 radical (unpaired) electrons. The van der Waals surface area contributed by atoms with Gasteiger partial charge in [0.05, 0.1) is 5.69 Å². The second kappa shape index (κ2) is 5.21. The third-order valence-corrected chi connectivity index (χ3v) is 3.81. The molecule has 1 heterocycles. The molecule has 0 aliphatic heterocycles. The Bertz CT molecular complexity index is 609. The van der Waals surface area contributed by atoms with E-state index in [1.807, 2.05) is 37.3 Å². The lowest BCUT2D eigenvalue weighted by Gasteiger charge is -2.16. The van der Waals surface area contributed by atoms with Gasteiger partial charge in [0, 0.05) is 18.2 Å². The fraction of sp³-hybridized carbons (Fsp3) is 0.375. The number of hydrogen-bond acceptors (Lipinski definition) is 4. The second-order valence-corrected chi connectivity index (χ2v) is 5.30. The molecule has 2 aromatic rings. The monoisotopic (exact) mass is 269 g/mol. The maximum absolute atomic E-state index is 6.07. The molecule has 1 saturated carbocycles. The van der Waals surface area contributed by atoms with Crippen molar-refractivity contribution in [3.63, 3.8) is 0 Å². The Balaban J connectivity index is 2.08. The molecule has 1 unspecified atom stereocenters. The summed E-state index contributed by atoms with van der Waals surface area (Å²) < 4.78 is 5.57. The van der Waals surface area contributed by atoms with Gasteiger partial charge in [0.1, 0.15) is 11.9 Å². The fourth-order valence-electron chi connectivity index (χ4n) is 2.46. The average molecular weight is 269 g/mol. The zero-order valence-corrected chi connectivity index (χ0v) is 11.8. The highest BCUT2D eigenvalue weighted by atomic mass is 16.5. The van der Waals surface area contributed by atoms with Gasteiger partial charge in [-0.05, 0) is 25.7 Å². The molecule has 4 nitrogen and oxygen atoms in total. The lowest BCUT2D eigenvalue weighted by Crippen LogP contribution is -2.12. The van der Waals surface area contributed by atoms with Gasteiger partial charge in [0.15, 0.2) is 5.82 Å². The Morgan fingerprint density at radius 3 is 2.50 bits per heavy atom. The first-order valence-corrected chi connectivity index (χ1v) is 6.93. The van der Waals surface area contributed by atoms with Gasteiger partial charge in [-0.15, -0.1) is 0 Å². The number of methoxy groups -OCH3 is 1. The van der Waals surface area contributed by atoms with Crippen LogP contribution in [0.2, 0.25) is 0 Å². The van der Waals surface area contributed by atoms with E-state index in [9.17, 15) is 0 Å². The van der Waals surface area contributed by atoms with Crippen LogP contribution in [0, 0.1) is 12.8 Å². The van der Waals surface area contributed by atoms with E-state index >= 15 is 0 Å². The standard InChI is InChI=1S/C16H19N3O/c1-10-13(11-6-4-3-5-7-11)18-16(19-15(10)17)14(20-2)12-8-9-12/h3-7,12,14H,8-9H2,1-2H3,(H2,17,18,19). The number of hydrogen-bond donors (Lipinski definition) is 1. The summed E-state index contributed by atoms with van der Waals surface area (Å²) in [6.45, 7) is 1.96. The molecule has 3 rings (SSSR count). The fourth-order valence-corrected chi connectivity index (χ4v) is 2.46. The van der Waals surface area contributed by atoms with Crippen molar-refractivity contribution in [3.8, 4) is 11.3 Å². The van der Waals surface area contributed by atoms with E-state index in [0.717, 1.165) is 16.8 Å². The van der Waals surface area contributed by atoms with Gasteiger partial charge >= 0.3 is 0 Å². The number of nitrogens with two attached hydrogens (primary N) is 1. The summed E-state index contributed by atoms with van der Waals surface area (Å²) in [7, 11) is 1.71. The van der Waals surface area contributed by atoms with Gasteiger partial charge < -0.3 is 10.5 Å². The highest BCUT2D eigenvalue weighted by Gasteiger charge is 2.35. The SMILES string of the molecule is COC(c1nc(N)c(C)c(-c2ccccc2)n1)C1CC1. The summed E-state index contributed by atoms with van der Waals surface area (Å²) in [5.41, 5.74) is 8.95. The van der Waals surface area contributed by atoms with Crippen LogP contribution in [0.1, 0.15) is 30.3 Å². The number of benzene rings is 1. The third kappa shape index (κ3) is 2.39. The molecule has 1 aromatic heterocycles. The van der Waals surface area contributed by atoms with E-state index in [1.54, 1.807) is 7.11 Å². The molecular weight excluding hydrogens is 250 g/mol. The van der Waals surface area contributed by atoms with E-state index < -0.39 is 0 Å². The number of anilines is 1. The topological polar surface area (TPSA) is 61.0 Å². The Morgan fingerprint density at radius 2 is 1.90 bits per heavy atom. The Labute approximate surface area is 119 Å². The lowest BCUT2D eigenvalue weighted by atomic mass is 10.1. The Hall–Kier alpha value is -1.94. The first-order valence-electron chi connectivity index (χ1n) is 6.93. The number of rotatable bonds is 4. The first-order chi connectivity index (χ1) is 9.70. The van der Waals surface area contributed by atoms with E-state index in [0.29, 0.717) is 17.6 Å². The van der Waals surface area contributed by atoms with Crippen molar-refractivity contribution in [1.82, 2.24) is 9.97 Å². The van der Waals surface area contributed by atoms with Crippen molar-refractivity contribution in [2.45, 2.75) is 25.9 Å². The minimum Gasteiger partial charge on any atom is -0.383 e.